The van der Waals surface area contributed by atoms with E-state index in [1.54, 1.807) is 36.4 Å². The molecule has 1 aliphatic heterocycles. The first-order valence-electron chi connectivity index (χ1n) is 13.5. The summed E-state index contributed by atoms with van der Waals surface area (Å²) in [7, 11) is 0. The van der Waals surface area contributed by atoms with Gasteiger partial charge in [-0.05, 0) is 90.3 Å². The second-order valence-corrected chi connectivity index (χ2v) is 9.92. The third kappa shape index (κ3) is 6.98. The average molecular weight is 549 g/mol. The SMILES string of the molecule is CC(=O)Nc1cccc(NC(=O)c2ccc(-c3cc(C(=O)Nc4ccc(N5CCOCC5)cc4)ccc3C)cc2)c1. The summed E-state index contributed by atoms with van der Waals surface area (Å²) >= 11 is 0. The molecule has 4 aromatic carbocycles. The molecule has 5 rings (SSSR count). The number of nitrogens with one attached hydrogen (secondary N) is 3. The number of carbonyl (C=O) groups excluding carboxylic acids is 3. The quantitative estimate of drug-likeness (QED) is 0.265. The Morgan fingerprint density at radius 2 is 1.29 bits per heavy atom. The summed E-state index contributed by atoms with van der Waals surface area (Å²) in [6.45, 7) is 6.58. The van der Waals surface area contributed by atoms with Gasteiger partial charge in [0, 0.05) is 53.9 Å². The number of anilines is 4. The zero-order chi connectivity index (χ0) is 28.8. The molecule has 208 valence electrons. The van der Waals surface area contributed by atoms with E-state index < -0.39 is 0 Å². The topological polar surface area (TPSA) is 99.8 Å². The van der Waals surface area contributed by atoms with Gasteiger partial charge in [0.2, 0.25) is 5.91 Å². The molecule has 41 heavy (non-hydrogen) atoms. The van der Waals surface area contributed by atoms with Gasteiger partial charge in [-0.25, -0.2) is 0 Å². The monoisotopic (exact) mass is 548 g/mol. The Labute approximate surface area is 239 Å². The Balaban J connectivity index is 1.25. The van der Waals surface area contributed by atoms with Crippen molar-refractivity contribution in [3.05, 3.63) is 108 Å². The fourth-order valence-electron chi connectivity index (χ4n) is 4.74. The molecule has 1 saturated heterocycles. The minimum absolute atomic E-state index is 0.181. The molecule has 0 aromatic heterocycles. The molecule has 1 fully saturated rings. The zero-order valence-electron chi connectivity index (χ0n) is 23.1. The largest absolute Gasteiger partial charge is 0.378 e. The Bertz CT molecular complexity index is 1560. The van der Waals surface area contributed by atoms with Crippen LogP contribution in [0.4, 0.5) is 22.7 Å². The van der Waals surface area contributed by atoms with Crippen molar-refractivity contribution in [1.82, 2.24) is 0 Å². The number of carbonyl (C=O) groups is 3. The number of amides is 3. The molecular formula is C33H32N4O4. The summed E-state index contributed by atoms with van der Waals surface area (Å²) in [6.07, 6.45) is 0. The van der Waals surface area contributed by atoms with Gasteiger partial charge >= 0.3 is 0 Å². The van der Waals surface area contributed by atoms with Crippen LogP contribution in [0.15, 0.2) is 91.0 Å². The summed E-state index contributed by atoms with van der Waals surface area (Å²) < 4.78 is 5.42. The predicted molar refractivity (Wildman–Crippen MR) is 163 cm³/mol. The number of nitrogens with zero attached hydrogens (tertiary/aromatic N) is 1. The zero-order valence-corrected chi connectivity index (χ0v) is 23.1. The number of aryl methyl sites for hydroxylation is 1. The van der Waals surface area contributed by atoms with Crippen molar-refractivity contribution in [3.63, 3.8) is 0 Å². The number of hydrogen-bond donors (Lipinski definition) is 3. The predicted octanol–water partition coefficient (Wildman–Crippen LogP) is 5.96. The molecule has 0 unspecified atom stereocenters. The highest BCUT2D eigenvalue weighted by atomic mass is 16.5. The third-order valence-corrected chi connectivity index (χ3v) is 6.90. The van der Waals surface area contributed by atoms with Crippen molar-refractivity contribution in [2.75, 3.05) is 47.2 Å². The number of morpholine rings is 1. The molecule has 0 atom stereocenters. The van der Waals surface area contributed by atoms with Gasteiger partial charge in [0.1, 0.15) is 0 Å². The lowest BCUT2D eigenvalue weighted by atomic mass is 9.97. The lowest BCUT2D eigenvalue weighted by Crippen LogP contribution is -2.36. The molecule has 3 N–H and O–H groups in total. The highest BCUT2D eigenvalue weighted by Gasteiger charge is 2.14. The summed E-state index contributed by atoms with van der Waals surface area (Å²) in [4.78, 5) is 39.5. The van der Waals surface area contributed by atoms with Gasteiger partial charge in [-0.1, -0.05) is 24.3 Å². The maximum atomic E-state index is 13.1. The minimum atomic E-state index is -0.263. The lowest BCUT2D eigenvalue weighted by molar-refractivity contribution is -0.114. The van der Waals surface area contributed by atoms with E-state index >= 15 is 0 Å². The van der Waals surface area contributed by atoms with E-state index in [4.69, 9.17) is 4.74 Å². The molecule has 8 nitrogen and oxygen atoms in total. The van der Waals surface area contributed by atoms with Crippen molar-refractivity contribution in [2.24, 2.45) is 0 Å². The lowest BCUT2D eigenvalue weighted by Gasteiger charge is -2.28. The van der Waals surface area contributed by atoms with Crippen molar-refractivity contribution < 1.29 is 19.1 Å². The highest BCUT2D eigenvalue weighted by molar-refractivity contribution is 6.06. The number of benzene rings is 4. The van der Waals surface area contributed by atoms with Crippen LogP contribution in [0.1, 0.15) is 33.2 Å². The van der Waals surface area contributed by atoms with E-state index in [-0.39, 0.29) is 17.7 Å². The van der Waals surface area contributed by atoms with E-state index in [1.165, 1.54) is 6.92 Å². The Morgan fingerprint density at radius 3 is 1.98 bits per heavy atom. The van der Waals surface area contributed by atoms with E-state index in [2.05, 4.69) is 20.9 Å². The third-order valence-electron chi connectivity index (χ3n) is 6.90. The van der Waals surface area contributed by atoms with Crippen LogP contribution in [-0.4, -0.2) is 44.0 Å². The number of rotatable bonds is 7. The van der Waals surface area contributed by atoms with Crippen LogP contribution in [0.25, 0.3) is 11.1 Å². The second kappa shape index (κ2) is 12.5. The first kappa shape index (κ1) is 27.6. The summed E-state index contributed by atoms with van der Waals surface area (Å²) in [5.74, 6) is -0.636. The van der Waals surface area contributed by atoms with E-state index in [0.29, 0.717) is 22.5 Å². The molecule has 0 bridgehead atoms. The molecular weight excluding hydrogens is 516 g/mol. The fourth-order valence-corrected chi connectivity index (χ4v) is 4.74. The van der Waals surface area contributed by atoms with Crippen LogP contribution in [0.3, 0.4) is 0 Å². The van der Waals surface area contributed by atoms with Crippen LogP contribution < -0.4 is 20.9 Å². The van der Waals surface area contributed by atoms with Gasteiger partial charge in [-0.2, -0.15) is 0 Å². The molecule has 1 aliphatic rings. The first-order chi connectivity index (χ1) is 19.9. The fraction of sp³-hybridized carbons (Fsp3) is 0.182. The van der Waals surface area contributed by atoms with Gasteiger partial charge in [-0.3, -0.25) is 14.4 Å². The minimum Gasteiger partial charge on any atom is -0.378 e. The molecule has 1 heterocycles. The second-order valence-electron chi connectivity index (χ2n) is 9.92. The number of ether oxygens (including phenoxy) is 1. The van der Waals surface area contributed by atoms with E-state index in [1.807, 2.05) is 61.5 Å². The normalized spacial score (nSPS) is 12.9. The van der Waals surface area contributed by atoms with Crippen LogP contribution in [0.5, 0.6) is 0 Å². The Kier molecular flexibility index (Phi) is 8.41. The standard InChI is InChI=1S/C33H32N4O4/c1-22-6-7-26(33(40)35-27-12-14-30(15-13-27)37-16-18-41-19-17-37)20-31(22)24-8-10-25(11-9-24)32(39)36-29-5-3-4-28(21-29)34-23(2)38/h3-15,20-21H,16-19H2,1-2H3,(H,34,38)(H,35,40)(H,36,39). The van der Waals surface area contributed by atoms with Crippen molar-refractivity contribution in [3.8, 4) is 11.1 Å². The van der Waals surface area contributed by atoms with Crippen LogP contribution in [0.2, 0.25) is 0 Å². The van der Waals surface area contributed by atoms with Crippen LogP contribution >= 0.6 is 0 Å². The van der Waals surface area contributed by atoms with Gasteiger partial charge in [-0.15, -0.1) is 0 Å². The van der Waals surface area contributed by atoms with Gasteiger partial charge in [0.15, 0.2) is 0 Å². The Morgan fingerprint density at radius 1 is 0.683 bits per heavy atom. The van der Waals surface area contributed by atoms with Crippen molar-refractivity contribution in [1.29, 1.82) is 0 Å². The van der Waals surface area contributed by atoms with Gasteiger partial charge < -0.3 is 25.6 Å². The molecule has 0 aliphatic carbocycles. The maximum Gasteiger partial charge on any atom is 0.255 e. The maximum absolute atomic E-state index is 13.1. The van der Waals surface area contributed by atoms with E-state index in [9.17, 15) is 14.4 Å². The van der Waals surface area contributed by atoms with Crippen molar-refractivity contribution in [2.45, 2.75) is 13.8 Å². The average Bonchev–Trinajstić information content (AvgIpc) is 2.98. The number of hydrogen-bond acceptors (Lipinski definition) is 5. The first-order valence-corrected chi connectivity index (χ1v) is 13.5. The highest BCUT2D eigenvalue weighted by Crippen LogP contribution is 2.27. The molecule has 0 saturated carbocycles. The summed E-state index contributed by atoms with van der Waals surface area (Å²) in [5, 5.41) is 8.56. The molecule has 0 radical (unpaired) electrons. The van der Waals surface area contributed by atoms with Gasteiger partial charge in [0.05, 0.1) is 13.2 Å². The molecule has 0 spiro atoms. The molecule has 4 aromatic rings. The van der Waals surface area contributed by atoms with Crippen molar-refractivity contribution >= 4 is 40.5 Å². The van der Waals surface area contributed by atoms with E-state index in [0.717, 1.165) is 54.4 Å². The summed E-state index contributed by atoms with van der Waals surface area (Å²) in [5.41, 5.74) is 6.89. The van der Waals surface area contributed by atoms with Crippen LogP contribution in [0, 0.1) is 6.92 Å². The smallest absolute Gasteiger partial charge is 0.255 e. The summed E-state index contributed by atoms with van der Waals surface area (Å²) in [6, 6.07) is 27.7. The Hall–Kier alpha value is -4.95. The molecule has 8 heteroatoms. The van der Waals surface area contributed by atoms with Gasteiger partial charge in [0.25, 0.3) is 11.8 Å². The van der Waals surface area contributed by atoms with Crippen LogP contribution in [-0.2, 0) is 9.53 Å². The molecule has 3 amide bonds.